The highest BCUT2D eigenvalue weighted by Gasteiger charge is 2.09. The fourth-order valence-corrected chi connectivity index (χ4v) is 4.43. The maximum Gasteiger partial charge on any atom is 0.258 e. The first kappa shape index (κ1) is 19.6. The quantitative estimate of drug-likeness (QED) is 0.528. The fraction of sp³-hybridized carbons (Fsp3) is 0.300. The van der Waals surface area contributed by atoms with Crippen molar-refractivity contribution in [1.82, 2.24) is 4.57 Å². The van der Waals surface area contributed by atoms with Crippen LogP contribution in [-0.2, 0) is 11.3 Å². The summed E-state index contributed by atoms with van der Waals surface area (Å²) in [6, 6.07) is 12.1. The molecule has 1 amide bonds. The molecular formula is C20H21FN2O2S2. The van der Waals surface area contributed by atoms with Crippen molar-refractivity contribution in [1.29, 1.82) is 0 Å². The molecule has 142 valence electrons. The third kappa shape index (κ3) is 4.99. The second kappa shape index (κ2) is 9.19. The molecule has 3 aromatic rings. The number of halogens is 1. The highest BCUT2D eigenvalue weighted by atomic mass is 32.2. The number of thioether (sulfide) groups is 1. The first-order valence-corrected chi connectivity index (χ1v) is 10.6. The molecule has 0 bridgehead atoms. The van der Waals surface area contributed by atoms with Crippen LogP contribution in [0.3, 0.4) is 0 Å². The molecule has 1 aromatic heterocycles. The molecule has 1 heterocycles. The summed E-state index contributed by atoms with van der Waals surface area (Å²) >= 11 is 2.85. The molecule has 7 heteroatoms. The molecule has 3 rings (SSSR count). The Hall–Kier alpha value is -2.12. The summed E-state index contributed by atoms with van der Waals surface area (Å²) in [4.78, 5) is 18.2. The zero-order valence-corrected chi connectivity index (χ0v) is 16.9. The van der Waals surface area contributed by atoms with Crippen molar-refractivity contribution in [2.24, 2.45) is 4.99 Å². The van der Waals surface area contributed by atoms with Crippen molar-refractivity contribution in [3.05, 3.63) is 53.1 Å². The van der Waals surface area contributed by atoms with Crippen LogP contribution in [0.15, 0.2) is 52.4 Å². The van der Waals surface area contributed by atoms with E-state index in [-0.39, 0.29) is 17.5 Å². The lowest BCUT2D eigenvalue weighted by molar-refractivity contribution is -0.115. The standard InChI is InChI=1S/C20H21FN2O2S2/c1-3-11-23-17-10-7-15(25-4-2)12-18(17)27-20(23)22-19(24)13-26-16-8-5-14(21)6-9-16/h5-10,12H,3-4,11,13H2,1-2H3. The molecule has 0 fully saturated rings. The molecule has 0 saturated carbocycles. The van der Waals surface area contributed by atoms with Gasteiger partial charge in [-0.05, 0) is 55.8 Å². The second-order valence-corrected chi connectivity index (χ2v) is 7.90. The molecule has 0 radical (unpaired) electrons. The van der Waals surface area contributed by atoms with E-state index in [9.17, 15) is 9.18 Å². The number of hydrogen-bond acceptors (Lipinski definition) is 4. The van der Waals surface area contributed by atoms with E-state index in [0.717, 1.165) is 33.8 Å². The van der Waals surface area contributed by atoms with E-state index in [1.807, 2.05) is 25.1 Å². The van der Waals surface area contributed by atoms with Crippen molar-refractivity contribution in [2.45, 2.75) is 31.7 Å². The Balaban J connectivity index is 1.85. The van der Waals surface area contributed by atoms with Gasteiger partial charge in [-0.15, -0.1) is 11.8 Å². The molecule has 0 saturated heterocycles. The number of nitrogens with zero attached hydrogens (tertiary/aromatic N) is 2. The Labute approximate surface area is 165 Å². The Bertz CT molecular complexity index is 993. The predicted octanol–water partition coefficient (Wildman–Crippen LogP) is 4.87. The first-order chi connectivity index (χ1) is 13.1. The lowest BCUT2D eigenvalue weighted by Crippen LogP contribution is -2.17. The Morgan fingerprint density at radius 1 is 1.22 bits per heavy atom. The van der Waals surface area contributed by atoms with Crippen LogP contribution in [-0.4, -0.2) is 22.8 Å². The van der Waals surface area contributed by atoms with Crippen molar-refractivity contribution in [3.63, 3.8) is 0 Å². The monoisotopic (exact) mass is 404 g/mol. The predicted molar refractivity (Wildman–Crippen MR) is 109 cm³/mol. The number of fused-ring (bicyclic) bond motifs is 1. The van der Waals surface area contributed by atoms with Gasteiger partial charge in [0.05, 0.1) is 22.6 Å². The number of amides is 1. The summed E-state index contributed by atoms with van der Waals surface area (Å²) in [5, 5.41) is 0. The number of benzene rings is 2. The van der Waals surface area contributed by atoms with Crippen LogP contribution in [0.25, 0.3) is 10.2 Å². The number of carbonyl (C=O) groups excluding carboxylic acids is 1. The van der Waals surface area contributed by atoms with Gasteiger partial charge in [0.1, 0.15) is 11.6 Å². The second-order valence-electron chi connectivity index (χ2n) is 5.85. The van der Waals surface area contributed by atoms with Gasteiger partial charge in [0.2, 0.25) is 0 Å². The molecule has 4 nitrogen and oxygen atoms in total. The van der Waals surface area contributed by atoms with Gasteiger partial charge in [0.25, 0.3) is 5.91 Å². The summed E-state index contributed by atoms with van der Waals surface area (Å²) in [7, 11) is 0. The van der Waals surface area contributed by atoms with Gasteiger partial charge in [0.15, 0.2) is 4.80 Å². The highest BCUT2D eigenvalue weighted by molar-refractivity contribution is 8.00. The number of thiazole rings is 1. The van der Waals surface area contributed by atoms with Crippen LogP contribution in [0, 0.1) is 5.82 Å². The molecule has 0 spiro atoms. The van der Waals surface area contributed by atoms with Gasteiger partial charge in [-0.3, -0.25) is 4.79 Å². The molecule has 27 heavy (non-hydrogen) atoms. The number of aryl methyl sites for hydroxylation is 1. The smallest absolute Gasteiger partial charge is 0.258 e. The molecule has 0 N–H and O–H groups in total. The van der Waals surface area contributed by atoms with E-state index < -0.39 is 0 Å². The zero-order valence-electron chi connectivity index (χ0n) is 15.3. The van der Waals surface area contributed by atoms with Gasteiger partial charge in [-0.25, -0.2) is 4.39 Å². The average molecular weight is 405 g/mol. The number of hydrogen-bond donors (Lipinski definition) is 0. The van der Waals surface area contributed by atoms with E-state index in [4.69, 9.17) is 4.74 Å². The van der Waals surface area contributed by atoms with E-state index >= 15 is 0 Å². The third-order valence-electron chi connectivity index (χ3n) is 3.81. The summed E-state index contributed by atoms with van der Waals surface area (Å²) in [6.07, 6.45) is 0.949. The average Bonchev–Trinajstić information content (AvgIpc) is 2.98. The summed E-state index contributed by atoms with van der Waals surface area (Å²) in [5.74, 6) is 0.550. The van der Waals surface area contributed by atoms with Crippen molar-refractivity contribution >= 4 is 39.2 Å². The molecule has 0 aliphatic rings. The maximum atomic E-state index is 13.0. The van der Waals surface area contributed by atoms with Gasteiger partial charge in [0, 0.05) is 11.4 Å². The summed E-state index contributed by atoms with van der Waals surface area (Å²) < 4.78 is 21.7. The van der Waals surface area contributed by atoms with E-state index in [0.29, 0.717) is 11.4 Å². The van der Waals surface area contributed by atoms with Crippen LogP contribution in [0.2, 0.25) is 0 Å². The topological polar surface area (TPSA) is 43.6 Å². The van der Waals surface area contributed by atoms with Crippen molar-refractivity contribution in [2.75, 3.05) is 12.4 Å². The van der Waals surface area contributed by atoms with Gasteiger partial charge in [-0.1, -0.05) is 18.3 Å². The van der Waals surface area contributed by atoms with Crippen LogP contribution in [0.5, 0.6) is 5.75 Å². The summed E-state index contributed by atoms with van der Waals surface area (Å²) in [6.45, 7) is 5.46. The van der Waals surface area contributed by atoms with Crippen molar-refractivity contribution < 1.29 is 13.9 Å². The number of ether oxygens (including phenoxy) is 1. The SMILES string of the molecule is CCCn1c(=NC(=O)CSc2ccc(F)cc2)sc2cc(OCC)ccc21. The molecule has 0 aliphatic heterocycles. The highest BCUT2D eigenvalue weighted by Crippen LogP contribution is 2.24. The molecule has 0 aliphatic carbocycles. The maximum absolute atomic E-state index is 13.0. The normalized spacial score (nSPS) is 11.9. The van der Waals surface area contributed by atoms with E-state index in [1.165, 1.54) is 35.2 Å². The summed E-state index contributed by atoms with van der Waals surface area (Å²) in [5.41, 5.74) is 1.06. The Morgan fingerprint density at radius 3 is 2.70 bits per heavy atom. The van der Waals surface area contributed by atoms with E-state index in [1.54, 1.807) is 12.1 Å². The number of aromatic nitrogens is 1. The minimum Gasteiger partial charge on any atom is -0.494 e. The Kier molecular flexibility index (Phi) is 6.68. The van der Waals surface area contributed by atoms with Gasteiger partial charge < -0.3 is 9.30 Å². The molecule has 2 aromatic carbocycles. The Morgan fingerprint density at radius 2 is 2.00 bits per heavy atom. The van der Waals surface area contributed by atoms with Crippen LogP contribution in [0.4, 0.5) is 4.39 Å². The minimum absolute atomic E-state index is 0.203. The van der Waals surface area contributed by atoms with Gasteiger partial charge in [-0.2, -0.15) is 4.99 Å². The molecular weight excluding hydrogens is 383 g/mol. The molecule has 0 unspecified atom stereocenters. The number of rotatable bonds is 7. The lowest BCUT2D eigenvalue weighted by Gasteiger charge is -2.05. The van der Waals surface area contributed by atoms with Crippen LogP contribution < -0.4 is 9.54 Å². The van der Waals surface area contributed by atoms with Crippen molar-refractivity contribution in [3.8, 4) is 5.75 Å². The largest absolute Gasteiger partial charge is 0.494 e. The van der Waals surface area contributed by atoms with Crippen LogP contribution in [0.1, 0.15) is 20.3 Å². The zero-order chi connectivity index (χ0) is 19.2. The first-order valence-electron chi connectivity index (χ1n) is 8.82. The van der Waals surface area contributed by atoms with Crippen LogP contribution >= 0.6 is 23.1 Å². The van der Waals surface area contributed by atoms with Gasteiger partial charge >= 0.3 is 0 Å². The third-order valence-corrected chi connectivity index (χ3v) is 5.85. The minimum atomic E-state index is -0.285. The van der Waals surface area contributed by atoms with E-state index in [2.05, 4.69) is 16.5 Å². The fourth-order valence-electron chi connectivity index (χ4n) is 2.65. The number of carbonyl (C=O) groups is 1. The molecule has 0 atom stereocenters. The lowest BCUT2D eigenvalue weighted by atomic mass is 10.3.